The van der Waals surface area contributed by atoms with Gasteiger partial charge in [-0.05, 0) is 13.0 Å². The van der Waals surface area contributed by atoms with Crippen molar-refractivity contribution in [3.8, 4) is 0 Å². The third-order valence-electron chi connectivity index (χ3n) is 2.45. The van der Waals surface area contributed by atoms with E-state index in [9.17, 15) is 4.79 Å². The molecule has 5 nitrogen and oxygen atoms in total. The minimum Gasteiger partial charge on any atom is -0.325 e. The Kier molecular flexibility index (Phi) is 3.35. The lowest BCUT2D eigenvalue weighted by atomic mass is 10.2. The molecule has 0 fully saturated rings. The van der Waals surface area contributed by atoms with Gasteiger partial charge in [-0.2, -0.15) is 5.10 Å². The molecule has 0 saturated heterocycles. The summed E-state index contributed by atoms with van der Waals surface area (Å²) in [4.78, 5) is 16.1. The third-order valence-corrected chi connectivity index (χ3v) is 3.32. The summed E-state index contributed by atoms with van der Waals surface area (Å²) in [5, 5.41) is 6.75. The maximum absolute atomic E-state index is 12.0. The van der Waals surface area contributed by atoms with Crippen LogP contribution in [0.2, 0.25) is 0 Å². The second kappa shape index (κ2) is 4.77. The van der Waals surface area contributed by atoms with Gasteiger partial charge in [0.25, 0.3) is 0 Å². The van der Waals surface area contributed by atoms with Crippen LogP contribution in [0, 0.1) is 6.92 Å². The first-order chi connectivity index (χ1) is 8.10. The van der Waals surface area contributed by atoms with Crippen LogP contribution < -0.4 is 5.73 Å². The highest BCUT2D eigenvalue weighted by atomic mass is 32.1. The van der Waals surface area contributed by atoms with Crippen molar-refractivity contribution in [2.24, 2.45) is 12.8 Å². The first-order valence-electron chi connectivity index (χ1n) is 5.27. The number of hydrogen-bond acceptors (Lipinski definition) is 5. The van der Waals surface area contributed by atoms with Crippen molar-refractivity contribution in [1.82, 2.24) is 14.8 Å². The number of aryl methyl sites for hydroxylation is 2. The molecule has 2 aromatic heterocycles. The molecule has 0 amide bonds. The highest BCUT2D eigenvalue weighted by Gasteiger charge is 2.13. The SMILES string of the molecule is Cc1cc(CC(=O)c2csc(CN)n2)n(C)n1. The average Bonchev–Trinajstić information content (AvgIpc) is 2.86. The van der Waals surface area contributed by atoms with E-state index in [-0.39, 0.29) is 5.78 Å². The lowest BCUT2D eigenvalue weighted by molar-refractivity contribution is 0.0986. The zero-order chi connectivity index (χ0) is 12.4. The smallest absolute Gasteiger partial charge is 0.187 e. The fraction of sp³-hybridized carbons (Fsp3) is 0.364. The molecule has 0 radical (unpaired) electrons. The number of rotatable bonds is 4. The number of nitrogens with two attached hydrogens (primary N) is 1. The topological polar surface area (TPSA) is 73.8 Å². The van der Waals surface area contributed by atoms with Crippen molar-refractivity contribution >= 4 is 17.1 Å². The Labute approximate surface area is 103 Å². The van der Waals surface area contributed by atoms with Gasteiger partial charge in [0, 0.05) is 24.7 Å². The normalized spacial score (nSPS) is 10.8. The van der Waals surface area contributed by atoms with Crippen LogP contribution in [-0.2, 0) is 20.0 Å². The van der Waals surface area contributed by atoms with Crippen molar-refractivity contribution in [3.05, 3.63) is 33.5 Å². The van der Waals surface area contributed by atoms with Crippen molar-refractivity contribution in [2.45, 2.75) is 19.9 Å². The minimum absolute atomic E-state index is 0.00366. The molecule has 0 aliphatic heterocycles. The van der Waals surface area contributed by atoms with Gasteiger partial charge in [0.2, 0.25) is 0 Å². The van der Waals surface area contributed by atoms with E-state index in [4.69, 9.17) is 5.73 Å². The van der Waals surface area contributed by atoms with Gasteiger partial charge in [-0.3, -0.25) is 9.48 Å². The fourth-order valence-electron chi connectivity index (χ4n) is 1.62. The van der Waals surface area contributed by atoms with Crippen LogP contribution in [0.25, 0.3) is 0 Å². The molecular weight excluding hydrogens is 236 g/mol. The zero-order valence-corrected chi connectivity index (χ0v) is 10.6. The molecule has 6 heteroatoms. The van der Waals surface area contributed by atoms with Gasteiger partial charge in [-0.15, -0.1) is 11.3 Å². The van der Waals surface area contributed by atoms with Crippen molar-refractivity contribution < 1.29 is 4.79 Å². The Morgan fingerprint density at radius 2 is 2.35 bits per heavy atom. The molecule has 0 unspecified atom stereocenters. The monoisotopic (exact) mass is 250 g/mol. The standard InChI is InChI=1S/C11H14N4OS/c1-7-3-8(15(2)14-7)4-10(16)9-6-17-11(5-12)13-9/h3,6H,4-5,12H2,1-2H3. The van der Waals surface area contributed by atoms with Crippen LogP contribution in [0.1, 0.15) is 26.9 Å². The van der Waals surface area contributed by atoms with E-state index in [1.165, 1.54) is 11.3 Å². The molecule has 2 rings (SSSR count). The van der Waals surface area contributed by atoms with Crippen LogP contribution in [0.5, 0.6) is 0 Å². The number of ketones is 1. The van der Waals surface area contributed by atoms with E-state index < -0.39 is 0 Å². The molecule has 0 aliphatic rings. The molecule has 0 aromatic carbocycles. The van der Waals surface area contributed by atoms with Gasteiger partial charge in [0.15, 0.2) is 5.78 Å². The largest absolute Gasteiger partial charge is 0.325 e. The van der Waals surface area contributed by atoms with Crippen LogP contribution in [-0.4, -0.2) is 20.5 Å². The molecule has 0 spiro atoms. The Morgan fingerprint density at radius 3 is 2.88 bits per heavy atom. The summed E-state index contributed by atoms with van der Waals surface area (Å²) in [5.41, 5.74) is 7.77. The number of Topliss-reactive ketones (excluding diaryl/α,β-unsaturated/α-hetero) is 1. The molecule has 0 atom stereocenters. The third kappa shape index (κ3) is 2.59. The molecule has 2 heterocycles. The van der Waals surface area contributed by atoms with Crippen LogP contribution in [0.4, 0.5) is 0 Å². The predicted octanol–water partition coefficient (Wildman–Crippen LogP) is 1.07. The molecule has 2 N–H and O–H groups in total. The number of carbonyl (C=O) groups excluding carboxylic acids is 1. The van der Waals surface area contributed by atoms with E-state index >= 15 is 0 Å². The second-order valence-electron chi connectivity index (χ2n) is 3.83. The Bertz CT molecular complexity index is 543. The highest BCUT2D eigenvalue weighted by Crippen LogP contribution is 2.12. The molecule has 0 bridgehead atoms. The van der Waals surface area contributed by atoms with Crippen LogP contribution in [0.15, 0.2) is 11.4 Å². The molecule has 17 heavy (non-hydrogen) atoms. The second-order valence-corrected chi connectivity index (χ2v) is 4.77. The van der Waals surface area contributed by atoms with Crippen molar-refractivity contribution in [3.63, 3.8) is 0 Å². The lowest BCUT2D eigenvalue weighted by Gasteiger charge is -1.98. The number of aromatic nitrogens is 3. The van der Waals surface area contributed by atoms with E-state index in [1.807, 2.05) is 20.0 Å². The number of nitrogens with zero attached hydrogens (tertiary/aromatic N) is 3. The summed E-state index contributed by atoms with van der Waals surface area (Å²) >= 11 is 1.42. The van der Waals surface area contributed by atoms with E-state index in [0.717, 1.165) is 16.4 Å². The quantitative estimate of drug-likeness (QED) is 0.824. The summed E-state index contributed by atoms with van der Waals surface area (Å²) in [5.74, 6) is 0.00366. The summed E-state index contributed by atoms with van der Waals surface area (Å²) in [6.07, 6.45) is 0.324. The zero-order valence-electron chi connectivity index (χ0n) is 9.80. The summed E-state index contributed by atoms with van der Waals surface area (Å²) in [6.45, 7) is 2.28. The van der Waals surface area contributed by atoms with Gasteiger partial charge in [-0.25, -0.2) is 4.98 Å². The van der Waals surface area contributed by atoms with E-state index in [2.05, 4.69) is 10.1 Å². The number of hydrogen-bond donors (Lipinski definition) is 1. The Hall–Kier alpha value is -1.53. The van der Waals surface area contributed by atoms with Crippen LogP contribution >= 0.6 is 11.3 Å². The first kappa shape index (κ1) is 11.9. The Balaban J connectivity index is 2.14. The fourth-order valence-corrected chi connectivity index (χ4v) is 2.30. The lowest BCUT2D eigenvalue weighted by Crippen LogP contribution is -2.08. The minimum atomic E-state index is 0.00366. The number of thiazole rings is 1. The molecular formula is C11H14N4OS. The summed E-state index contributed by atoms with van der Waals surface area (Å²) in [7, 11) is 1.84. The summed E-state index contributed by atoms with van der Waals surface area (Å²) in [6, 6.07) is 1.91. The van der Waals surface area contributed by atoms with Crippen molar-refractivity contribution in [2.75, 3.05) is 0 Å². The van der Waals surface area contributed by atoms with E-state index in [0.29, 0.717) is 18.7 Å². The van der Waals surface area contributed by atoms with Gasteiger partial charge >= 0.3 is 0 Å². The highest BCUT2D eigenvalue weighted by molar-refractivity contribution is 7.09. The van der Waals surface area contributed by atoms with Gasteiger partial charge in [0.1, 0.15) is 10.7 Å². The van der Waals surface area contributed by atoms with Gasteiger partial charge < -0.3 is 5.73 Å². The first-order valence-corrected chi connectivity index (χ1v) is 6.15. The van der Waals surface area contributed by atoms with Crippen LogP contribution in [0.3, 0.4) is 0 Å². The van der Waals surface area contributed by atoms with Gasteiger partial charge in [-0.1, -0.05) is 0 Å². The maximum Gasteiger partial charge on any atom is 0.187 e. The summed E-state index contributed by atoms with van der Waals surface area (Å²) < 4.78 is 1.73. The average molecular weight is 250 g/mol. The molecule has 0 aliphatic carbocycles. The molecule has 90 valence electrons. The van der Waals surface area contributed by atoms with Gasteiger partial charge in [0.05, 0.1) is 12.1 Å². The number of carbonyl (C=O) groups is 1. The molecule has 2 aromatic rings. The maximum atomic E-state index is 12.0. The van der Waals surface area contributed by atoms with Crippen molar-refractivity contribution in [1.29, 1.82) is 0 Å². The predicted molar refractivity (Wildman–Crippen MR) is 66.0 cm³/mol. The van der Waals surface area contributed by atoms with E-state index in [1.54, 1.807) is 10.1 Å². The Morgan fingerprint density at radius 1 is 1.59 bits per heavy atom. The molecule has 0 saturated carbocycles.